The van der Waals surface area contributed by atoms with Gasteiger partial charge in [0.05, 0.1) is 24.5 Å². The van der Waals surface area contributed by atoms with E-state index in [4.69, 9.17) is 9.84 Å². The van der Waals surface area contributed by atoms with Crippen LogP contribution in [0.4, 0.5) is 0 Å². The molecule has 2 rings (SSSR count). The van der Waals surface area contributed by atoms with Gasteiger partial charge in [0.15, 0.2) is 5.69 Å². The van der Waals surface area contributed by atoms with Gasteiger partial charge in [0.1, 0.15) is 0 Å². The Hall–Kier alpha value is -1.80. The maximum atomic E-state index is 11.1. The molecule has 0 amide bonds. The quantitative estimate of drug-likeness (QED) is 0.854. The van der Waals surface area contributed by atoms with E-state index in [1.54, 1.807) is 18.0 Å². The van der Waals surface area contributed by atoms with E-state index in [9.17, 15) is 4.79 Å². The van der Waals surface area contributed by atoms with Crippen LogP contribution < -0.4 is 0 Å². The zero-order chi connectivity index (χ0) is 14.5. The second-order valence-corrected chi connectivity index (χ2v) is 4.97. The molecule has 0 bridgehead atoms. The standard InChI is InChI=1S/C12H13BrN4O3/c1-20-5-4-10-11(12(18)19)15-16-17(10)7-9-3-2-8(13)6-14-9/h2-3,6H,4-5,7H2,1H3,(H,18,19). The fourth-order valence-corrected chi connectivity index (χ4v) is 1.96. The molecule has 0 saturated carbocycles. The summed E-state index contributed by atoms with van der Waals surface area (Å²) in [6.07, 6.45) is 2.11. The number of methoxy groups -OCH3 is 1. The van der Waals surface area contributed by atoms with E-state index in [0.717, 1.165) is 10.2 Å². The van der Waals surface area contributed by atoms with Crippen LogP contribution >= 0.6 is 15.9 Å². The van der Waals surface area contributed by atoms with Crippen molar-refractivity contribution in [3.63, 3.8) is 0 Å². The van der Waals surface area contributed by atoms with E-state index in [0.29, 0.717) is 25.3 Å². The van der Waals surface area contributed by atoms with Crippen molar-refractivity contribution in [1.82, 2.24) is 20.0 Å². The highest BCUT2D eigenvalue weighted by Gasteiger charge is 2.18. The zero-order valence-corrected chi connectivity index (χ0v) is 12.4. The van der Waals surface area contributed by atoms with Crippen LogP contribution in [0.3, 0.4) is 0 Å². The van der Waals surface area contributed by atoms with Crippen molar-refractivity contribution < 1.29 is 14.6 Å². The summed E-state index contributed by atoms with van der Waals surface area (Å²) in [4.78, 5) is 15.4. The number of carboxylic acids is 1. The maximum absolute atomic E-state index is 11.1. The molecule has 8 heteroatoms. The Morgan fingerprint density at radius 1 is 1.50 bits per heavy atom. The van der Waals surface area contributed by atoms with Gasteiger partial charge in [-0.25, -0.2) is 9.48 Å². The van der Waals surface area contributed by atoms with E-state index in [1.165, 1.54) is 0 Å². The average Bonchev–Trinajstić information content (AvgIpc) is 2.82. The second kappa shape index (κ2) is 6.58. The Kier molecular flexibility index (Phi) is 4.80. The monoisotopic (exact) mass is 340 g/mol. The molecule has 0 unspecified atom stereocenters. The minimum Gasteiger partial charge on any atom is -0.476 e. The minimum atomic E-state index is -1.09. The van der Waals surface area contributed by atoms with Gasteiger partial charge in [0.25, 0.3) is 0 Å². The molecule has 0 aliphatic rings. The topological polar surface area (TPSA) is 90.1 Å². The molecule has 106 valence electrons. The molecule has 0 aliphatic heterocycles. The van der Waals surface area contributed by atoms with Crippen LogP contribution in [0.1, 0.15) is 21.9 Å². The van der Waals surface area contributed by atoms with Crippen molar-refractivity contribution in [2.45, 2.75) is 13.0 Å². The fourth-order valence-electron chi connectivity index (χ4n) is 1.73. The number of carbonyl (C=O) groups is 1. The van der Waals surface area contributed by atoms with Crippen molar-refractivity contribution in [3.8, 4) is 0 Å². The summed E-state index contributed by atoms with van der Waals surface area (Å²) in [5, 5.41) is 16.7. The highest BCUT2D eigenvalue weighted by molar-refractivity contribution is 9.10. The SMILES string of the molecule is COCCc1c(C(=O)O)nnn1Cc1ccc(Br)cn1. The van der Waals surface area contributed by atoms with Crippen molar-refractivity contribution >= 4 is 21.9 Å². The lowest BCUT2D eigenvalue weighted by atomic mass is 10.2. The number of nitrogens with zero attached hydrogens (tertiary/aromatic N) is 4. The fraction of sp³-hybridized carbons (Fsp3) is 0.333. The molecule has 0 aromatic carbocycles. The summed E-state index contributed by atoms with van der Waals surface area (Å²) in [6.45, 7) is 0.772. The van der Waals surface area contributed by atoms with Crippen molar-refractivity contribution in [3.05, 3.63) is 39.9 Å². The van der Waals surface area contributed by atoms with Crippen molar-refractivity contribution in [2.24, 2.45) is 0 Å². The van der Waals surface area contributed by atoms with E-state index in [2.05, 4.69) is 31.2 Å². The smallest absolute Gasteiger partial charge is 0.358 e. The number of aromatic nitrogens is 4. The molecule has 7 nitrogen and oxygen atoms in total. The molecule has 0 fully saturated rings. The average molecular weight is 341 g/mol. The highest BCUT2D eigenvalue weighted by Crippen LogP contribution is 2.11. The summed E-state index contributed by atoms with van der Waals surface area (Å²) < 4.78 is 7.41. The Morgan fingerprint density at radius 2 is 2.30 bits per heavy atom. The van der Waals surface area contributed by atoms with Gasteiger partial charge < -0.3 is 9.84 Å². The van der Waals surface area contributed by atoms with Gasteiger partial charge in [-0.2, -0.15) is 0 Å². The summed E-state index contributed by atoms with van der Waals surface area (Å²) in [5.41, 5.74) is 1.26. The Morgan fingerprint density at radius 3 is 2.90 bits per heavy atom. The Labute approximate surface area is 123 Å². The van der Waals surface area contributed by atoms with E-state index in [1.807, 2.05) is 12.1 Å². The highest BCUT2D eigenvalue weighted by atomic mass is 79.9. The van der Waals surface area contributed by atoms with Gasteiger partial charge in [-0.1, -0.05) is 5.21 Å². The van der Waals surface area contributed by atoms with E-state index < -0.39 is 5.97 Å². The third-order valence-electron chi connectivity index (χ3n) is 2.68. The molecule has 0 aliphatic carbocycles. The summed E-state index contributed by atoms with van der Waals surface area (Å²) in [5.74, 6) is -1.09. The Bertz CT molecular complexity index is 597. The summed E-state index contributed by atoms with van der Waals surface area (Å²) in [6, 6.07) is 3.71. The lowest BCUT2D eigenvalue weighted by molar-refractivity contribution is 0.0688. The van der Waals surface area contributed by atoms with E-state index >= 15 is 0 Å². The van der Waals surface area contributed by atoms with Crippen LogP contribution in [0.25, 0.3) is 0 Å². The van der Waals surface area contributed by atoms with Crippen LogP contribution in [-0.2, 0) is 17.7 Å². The lowest BCUT2D eigenvalue weighted by Gasteiger charge is -2.06. The molecule has 2 heterocycles. The van der Waals surface area contributed by atoms with Crippen LogP contribution in [0.2, 0.25) is 0 Å². The van der Waals surface area contributed by atoms with Crippen LogP contribution in [0.15, 0.2) is 22.8 Å². The molecule has 20 heavy (non-hydrogen) atoms. The normalized spacial score (nSPS) is 10.7. The molecule has 0 saturated heterocycles. The van der Waals surface area contributed by atoms with Crippen LogP contribution in [-0.4, -0.2) is 44.8 Å². The predicted octanol–water partition coefficient (Wildman–Crippen LogP) is 1.37. The van der Waals surface area contributed by atoms with Crippen molar-refractivity contribution in [1.29, 1.82) is 0 Å². The molecule has 0 atom stereocenters. The van der Waals surface area contributed by atoms with Crippen molar-refractivity contribution in [2.75, 3.05) is 13.7 Å². The molecule has 2 aromatic rings. The number of pyridine rings is 1. The first-order valence-corrected chi connectivity index (χ1v) is 6.66. The van der Waals surface area contributed by atoms with Gasteiger partial charge >= 0.3 is 5.97 Å². The first-order valence-electron chi connectivity index (χ1n) is 5.87. The van der Waals surface area contributed by atoms with Gasteiger partial charge in [-0.15, -0.1) is 5.10 Å². The van der Waals surface area contributed by atoms with E-state index in [-0.39, 0.29) is 5.69 Å². The molecule has 0 spiro atoms. The molecule has 1 N–H and O–H groups in total. The number of hydrogen-bond donors (Lipinski definition) is 1. The molecular weight excluding hydrogens is 328 g/mol. The summed E-state index contributed by atoms with van der Waals surface area (Å²) in [7, 11) is 1.56. The third-order valence-corrected chi connectivity index (χ3v) is 3.15. The van der Waals surface area contributed by atoms with Gasteiger partial charge in [0.2, 0.25) is 0 Å². The number of aromatic carboxylic acids is 1. The number of rotatable bonds is 6. The van der Waals surface area contributed by atoms with Gasteiger partial charge in [-0.05, 0) is 28.1 Å². The third kappa shape index (κ3) is 3.40. The maximum Gasteiger partial charge on any atom is 0.358 e. The number of carboxylic acid groups (broad SMARTS) is 1. The van der Waals surface area contributed by atoms with Gasteiger partial charge in [-0.3, -0.25) is 4.98 Å². The predicted molar refractivity (Wildman–Crippen MR) is 73.6 cm³/mol. The summed E-state index contributed by atoms with van der Waals surface area (Å²) >= 11 is 3.31. The molecular formula is C12H13BrN4O3. The first kappa shape index (κ1) is 14.6. The lowest BCUT2D eigenvalue weighted by Crippen LogP contribution is -2.12. The Balaban J connectivity index is 2.26. The number of halogens is 1. The second-order valence-electron chi connectivity index (χ2n) is 4.06. The molecule has 2 aromatic heterocycles. The largest absolute Gasteiger partial charge is 0.476 e. The first-order chi connectivity index (χ1) is 9.61. The zero-order valence-electron chi connectivity index (χ0n) is 10.8. The van der Waals surface area contributed by atoms with Crippen LogP contribution in [0.5, 0.6) is 0 Å². The number of ether oxygens (including phenoxy) is 1. The van der Waals surface area contributed by atoms with Crippen LogP contribution in [0, 0.1) is 0 Å². The van der Waals surface area contributed by atoms with Gasteiger partial charge in [0, 0.05) is 24.2 Å². The molecule has 0 radical (unpaired) electrons. The minimum absolute atomic E-state index is 0.0424. The number of hydrogen-bond acceptors (Lipinski definition) is 5.